The number of hydrogen-bond donors (Lipinski definition) is 1. The van der Waals surface area contributed by atoms with Crippen molar-refractivity contribution >= 4 is 0 Å². The van der Waals surface area contributed by atoms with Gasteiger partial charge < -0.3 is 5.11 Å². The van der Waals surface area contributed by atoms with E-state index in [1.165, 1.54) is 35.1 Å². The molecule has 0 spiro atoms. The van der Waals surface area contributed by atoms with Gasteiger partial charge >= 0.3 is 0 Å². The van der Waals surface area contributed by atoms with E-state index in [2.05, 4.69) is 35.2 Å². The van der Waals surface area contributed by atoms with Gasteiger partial charge in [0.25, 0.3) is 0 Å². The van der Waals surface area contributed by atoms with Crippen LogP contribution in [0.5, 0.6) is 5.75 Å². The molecule has 2 heteroatoms. The lowest BCUT2D eigenvalue weighted by Crippen LogP contribution is -2.26. The van der Waals surface area contributed by atoms with Crippen LogP contribution in [-0.2, 0) is 19.5 Å². The van der Waals surface area contributed by atoms with Crippen molar-refractivity contribution in [1.29, 1.82) is 0 Å². The topological polar surface area (TPSA) is 23.5 Å². The smallest absolute Gasteiger partial charge is 0.119 e. The number of nitrogens with zero attached hydrogens (tertiary/aromatic N) is 1. The summed E-state index contributed by atoms with van der Waals surface area (Å²) in [6.45, 7) is 2.08. The van der Waals surface area contributed by atoms with Crippen LogP contribution in [0.2, 0.25) is 0 Å². The molecule has 1 aliphatic carbocycles. The fraction of sp³-hybridized carbons (Fsp3) is 0.333. The van der Waals surface area contributed by atoms with Gasteiger partial charge in [0.15, 0.2) is 0 Å². The van der Waals surface area contributed by atoms with Crippen molar-refractivity contribution in [2.75, 3.05) is 0 Å². The zero-order chi connectivity index (χ0) is 13.5. The molecule has 1 unspecified atom stereocenters. The molecule has 20 heavy (non-hydrogen) atoms. The normalized spacial score (nSPS) is 21.5. The van der Waals surface area contributed by atoms with Gasteiger partial charge in [-0.25, -0.2) is 0 Å². The summed E-state index contributed by atoms with van der Waals surface area (Å²) >= 11 is 0. The van der Waals surface area contributed by atoms with E-state index in [0.29, 0.717) is 11.8 Å². The predicted octanol–water partition coefficient (Wildman–Crippen LogP) is 3.79. The molecule has 0 bridgehead atoms. The average Bonchev–Trinajstić information content (AvgIpc) is 2.91. The third-order valence-electron chi connectivity index (χ3n) is 4.76. The summed E-state index contributed by atoms with van der Waals surface area (Å²) in [6.07, 6.45) is 3.38. The molecular formula is C18H19NO. The van der Waals surface area contributed by atoms with Crippen molar-refractivity contribution in [3.63, 3.8) is 0 Å². The Bertz CT molecular complexity index is 625. The SMILES string of the molecule is Oc1cccc2c1CCCC2N1Cc2ccccc2C1. The highest BCUT2D eigenvalue weighted by Gasteiger charge is 2.30. The number of benzene rings is 2. The second-order valence-electron chi connectivity index (χ2n) is 5.93. The number of hydrogen-bond acceptors (Lipinski definition) is 2. The van der Waals surface area contributed by atoms with Crippen LogP contribution in [-0.4, -0.2) is 10.0 Å². The van der Waals surface area contributed by atoms with Crippen molar-refractivity contribution in [1.82, 2.24) is 4.90 Å². The van der Waals surface area contributed by atoms with Gasteiger partial charge in [-0.1, -0.05) is 36.4 Å². The van der Waals surface area contributed by atoms with Gasteiger partial charge in [0.2, 0.25) is 0 Å². The highest BCUT2D eigenvalue weighted by Crippen LogP contribution is 2.41. The number of aromatic hydroxyl groups is 1. The number of fused-ring (bicyclic) bond motifs is 2. The van der Waals surface area contributed by atoms with E-state index >= 15 is 0 Å². The Hall–Kier alpha value is -1.80. The fourth-order valence-electron chi connectivity index (χ4n) is 3.76. The van der Waals surface area contributed by atoms with Gasteiger partial charge in [-0.15, -0.1) is 0 Å². The minimum absolute atomic E-state index is 0.457. The quantitative estimate of drug-likeness (QED) is 0.848. The van der Waals surface area contributed by atoms with Crippen LogP contribution in [0.3, 0.4) is 0 Å². The van der Waals surface area contributed by atoms with Crippen LogP contribution in [0.15, 0.2) is 42.5 Å². The zero-order valence-corrected chi connectivity index (χ0v) is 11.5. The molecule has 1 aliphatic heterocycles. The predicted molar refractivity (Wildman–Crippen MR) is 79.5 cm³/mol. The molecule has 2 aromatic rings. The summed E-state index contributed by atoms with van der Waals surface area (Å²) in [5, 5.41) is 10.1. The van der Waals surface area contributed by atoms with Crippen molar-refractivity contribution in [3.05, 3.63) is 64.7 Å². The van der Waals surface area contributed by atoms with E-state index in [9.17, 15) is 5.11 Å². The maximum absolute atomic E-state index is 10.1. The van der Waals surface area contributed by atoms with Gasteiger partial charge in [0.1, 0.15) is 5.75 Å². The molecule has 0 aromatic heterocycles. The van der Waals surface area contributed by atoms with E-state index in [-0.39, 0.29) is 0 Å². The Morgan fingerprint density at radius 3 is 2.45 bits per heavy atom. The molecular weight excluding hydrogens is 246 g/mol. The van der Waals surface area contributed by atoms with Gasteiger partial charge in [0.05, 0.1) is 0 Å². The lowest BCUT2D eigenvalue weighted by molar-refractivity contribution is 0.179. The largest absolute Gasteiger partial charge is 0.508 e. The number of phenolic OH excluding ortho intramolecular Hbond substituents is 1. The Balaban J connectivity index is 1.68. The highest BCUT2D eigenvalue weighted by molar-refractivity contribution is 5.43. The second-order valence-corrected chi connectivity index (χ2v) is 5.93. The van der Waals surface area contributed by atoms with E-state index < -0.39 is 0 Å². The summed E-state index contributed by atoms with van der Waals surface area (Å²) in [4.78, 5) is 2.56. The highest BCUT2D eigenvalue weighted by atomic mass is 16.3. The molecule has 0 saturated heterocycles. The molecule has 0 radical (unpaired) electrons. The molecule has 1 N–H and O–H groups in total. The number of rotatable bonds is 1. The first-order chi connectivity index (χ1) is 9.83. The van der Waals surface area contributed by atoms with Crippen molar-refractivity contribution in [2.45, 2.75) is 38.4 Å². The summed E-state index contributed by atoms with van der Waals surface area (Å²) in [5.41, 5.74) is 5.42. The zero-order valence-electron chi connectivity index (χ0n) is 11.5. The van der Waals surface area contributed by atoms with Crippen LogP contribution in [0.1, 0.15) is 41.1 Å². The van der Waals surface area contributed by atoms with Crippen molar-refractivity contribution in [2.24, 2.45) is 0 Å². The molecule has 0 fully saturated rings. The molecule has 0 saturated carbocycles. The summed E-state index contributed by atoms with van der Waals surface area (Å²) in [6, 6.07) is 15.2. The summed E-state index contributed by atoms with van der Waals surface area (Å²) < 4.78 is 0. The van der Waals surface area contributed by atoms with Crippen molar-refractivity contribution < 1.29 is 5.11 Å². The minimum Gasteiger partial charge on any atom is -0.508 e. The van der Waals surface area contributed by atoms with Gasteiger partial charge in [-0.2, -0.15) is 0 Å². The Morgan fingerprint density at radius 1 is 0.950 bits per heavy atom. The van der Waals surface area contributed by atoms with E-state index in [1.807, 2.05) is 12.1 Å². The molecule has 102 valence electrons. The number of phenols is 1. The standard InChI is InChI=1S/C18H19NO/c20-18-10-4-7-15-16(18)8-3-9-17(15)19-11-13-5-1-2-6-14(13)12-19/h1-2,4-7,10,17,20H,3,8-9,11-12H2. The van der Waals surface area contributed by atoms with E-state index in [1.54, 1.807) is 0 Å². The van der Waals surface area contributed by atoms with Crippen LogP contribution in [0, 0.1) is 0 Å². The third-order valence-corrected chi connectivity index (χ3v) is 4.76. The average molecular weight is 265 g/mol. The summed E-state index contributed by atoms with van der Waals surface area (Å²) in [7, 11) is 0. The molecule has 2 nitrogen and oxygen atoms in total. The molecule has 2 aromatic carbocycles. The van der Waals surface area contributed by atoms with E-state index in [4.69, 9.17) is 0 Å². The Kier molecular flexibility index (Phi) is 2.78. The van der Waals surface area contributed by atoms with Crippen molar-refractivity contribution in [3.8, 4) is 5.75 Å². The second kappa shape index (κ2) is 4.64. The Labute approximate surface area is 119 Å². The first kappa shape index (κ1) is 12.0. The molecule has 1 heterocycles. The van der Waals surface area contributed by atoms with Gasteiger partial charge in [0, 0.05) is 19.1 Å². The molecule has 0 amide bonds. The maximum atomic E-state index is 10.1. The van der Waals surface area contributed by atoms with Gasteiger partial charge in [-0.05, 0) is 47.6 Å². The maximum Gasteiger partial charge on any atom is 0.119 e. The minimum atomic E-state index is 0.457. The fourth-order valence-corrected chi connectivity index (χ4v) is 3.76. The van der Waals surface area contributed by atoms with E-state index in [0.717, 1.165) is 19.5 Å². The lowest BCUT2D eigenvalue weighted by atomic mass is 9.86. The molecule has 1 atom stereocenters. The molecule has 4 rings (SSSR count). The third kappa shape index (κ3) is 1.83. The van der Waals surface area contributed by atoms with Crippen LogP contribution in [0.25, 0.3) is 0 Å². The first-order valence-electron chi connectivity index (χ1n) is 7.44. The van der Waals surface area contributed by atoms with Crippen LogP contribution >= 0.6 is 0 Å². The van der Waals surface area contributed by atoms with Crippen LogP contribution < -0.4 is 0 Å². The summed E-state index contributed by atoms with van der Waals surface area (Å²) in [5.74, 6) is 0.476. The van der Waals surface area contributed by atoms with Gasteiger partial charge in [-0.3, -0.25) is 4.90 Å². The lowest BCUT2D eigenvalue weighted by Gasteiger charge is -2.33. The van der Waals surface area contributed by atoms with Crippen LogP contribution in [0.4, 0.5) is 0 Å². The molecule has 2 aliphatic rings. The monoisotopic (exact) mass is 265 g/mol. The first-order valence-corrected chi connectivity index (χ1v) is 7.44. The Morgan fingerprint density at radius 2 is 1.70 bits per heavy atom.